The van der Waals surface area contributed by atoms with E-state index in [0.717, 1.165) is 6.20 Å². The van der Waals surface area contributed by atoms with Crippen LogP contribution in [0.15, 0.2) is 10.7 Å². The van der Waals surface area contributed by atoms with Gasteiger partial charge < -0.3 is 0 Å². The summed E-state index contributed by atoms with van der Waals surface area (Å²) in [5, 5.41) is 0.159. The molecule has 72 valence electrons. The number of halogens is 5. The van der Waals surface area contributed by atoms with Crippen molar-refractivity contribution in [3.05, 3.63) is 27.7 Å². The standard InChI is InChI=1S/C7H4Br2F3N/c8-1-3-4(6(10)11)2-13-7(12)5(3)9/h2,6H,1H2. The minimum atomic E-state index is -2.64. The molecular weight excluding hydrogens is 315 g/mol. The predicted molar refractivity (Wildman–Crippen MR) is 49.5 cm³/mol. The molecule has 0 fully saturated rings. The van der Waals surface area contributed by atoms with Crippen LogP contribution in [0.3, 0.4) is 0 Å². The molecule has 0 aliphatic carbocycles. The van der Waals surface area contributed by atoms with Crippen LogP contribution in [-0.2, 0) is 5.33 Å². The van der Waals surface area contributed by atoms with Crippen molar-refractivity contribution in [1.29, 1.82) is 0 Å². The molecule has 13 heavy (non-hydrogen) atoms. The lowest BCUT2D eigenvalue weighted by Gasteiger charge is -2.07. The first kappa shape index (κ1) is 11.0. The molecule has 0 aliphatic heterocycles. The summed E-state index contributed by atoms with van der Waals surface area (Å²) in [4.78, 5) is 3.19. The molecule has 1 aromatic rings. The monoisotopic (exact) mass is 317 g/mol. The van der Waals surface area contributed by atoms with Crippen molar-refractivity contribution in [2.24, 2.45) is 0 Å². The fraction of sp³-hybridized carbons (Fsp3) is 0.286. The average molecular weight is 319 g/mol. The van der Waals surface area contributed by atoms with Crippen LogP contribution in [0.2, 0.25) is 0 Å². The van der Waals surface area contributed by atoms with Gasteiger partial charge in [-0.15, -0.1) is 0 Å². The maximum atomic E-state index is 12.8. The van der Waals surface area contributed by atoms with Gasteiger partial charge in [-0.2, -0.15) is 4.39 Å². The van der Waals surface area contributed by atoms with Crippen molar-refractivity contribution in [3.8, 4) is 0 Å². The summed E-state index contributed by atoms with van der Waals surface area (Å²) in [6, 6.07) is 0. The summed E-state index contributed by atoms with van der Waals surface area (Å²) >= 11 is 5.86. The van der Waals surface area contributed by atoms with Crippen LogP contribution in [0.4, 0.5) is 13.2 Å². The zero-order chi connectivity index (χ0) is 10.0. The Morgan fingerprint density at radius 2 is 2.08 bits per heavy atom. The number of alkyl halides is 3. The molecule has 0 bridgehead atoms. The van der Waals surface area contributed by atoms with Gasteiger partial charge in [0, 0.05) is 17.1 Å². The van der Waals surface area contributed by atoms with Gasteiger partial charge in [-0.3, -0.25) is 0 Å². The van der Waals surface area contributed by atoms with E-state index < -0.39 is 12.4 Å². The van der Waals surface area contributed by atoms with Crippen LogP contribution in [-0.4, -0.2) is 4.98 Å². The highest BCUT2D eigenvalue weighted by atomic mass is 79.9. The molecule has 0 saturated heterocycles. The molecule has 6 heteroatoms. The molecule has 0 saturated carbocycles. The lowest BCUT2D eigenvalue weighted by Crippen LogP contribution is -1.98. The Morgan fingerprint density at radius 1 is 1.46 bits per heavy atom. The molecule has 1 aromatic heterocycles. The van der Waals surface area contributed by atoms with Crippen molar-refractivity contribution in [2.45, 2.75) is 11.8 Å². The Kier molecular flexibility index (Phi) is 3.73. The molecular formula is C7H4Br2F3N. The number of rotatable bonds is 2. The van der Waals surface area contributed by atoms with Crippen LogP contribution < -0.4 is 0 Å². The summed E-state index contributed by atoms with van der Waals surface area (Å²) in [5.74, 6) is -0.779. The zero-order valence-corrected chi connectivity index (χ0v) is 9.37. The summed E-state index contributed by atoms with van der Waals surface area (Å²) < 4.78 is 37.4. The molecule has 0 spiro atoms. The first-order valence-corrected chi connectivity index (χ1v) is 5.16. The summed E-state index contributed by atoms with van der Waals surface area (Å²) in [6.07, 6.45) is -1.79. The fourth-order valence-corrected chi connectivity index (χ4v) is 2.29. The molecule has 1 heterocycles. The van der Waals surface area contributed by atoms with E-state index in [1.165, 1.54) is 0 Å². The minimum Gasteiger partial charge on any atom is -0.227 e. The van der Waals surface area contributed by atoms with Gasteiger partial charge in [0.1, 0.15) is 0 Å². The third-order valence-corrected chi connectivity index (χ3v) is 2.85. The van der Waals surface area contributed by atoms with Gasteiger partial charge in [0.05, 0.1) is 4.47 Å². The van der Waals surface area contributed by atoms with Crippen molar-refractivity contribution >= 4 is 31.9 Å². The number of hydrogen-bond acceptors (Lipinski definition) is 1. The van der Waals surface area contributed by atoms with Crippen LogP contribution in [0.1, 0.15) is 17.6 Å². The summed E-state index contributed by atoms with van der Waals surface area (Å²) in [6.45, 7) is 0. The van der Waals surface area contributed by atoms with Crippen molar-refractivity contribution in [1.82, 2.24) is 4.98 Å². The van der Waals surface area contributed by atoms with Crippen molar-refractivity contribution in [2.75, 3.05) is 0 Å². The maximum absolute atomic E-state index is 12.8. The number of aromatic nitrogens is 1. The maximum Gasteiger partial charge on any atom is 0.265 e. The molecule has 0 amide bonds. The quantitative estimate of drug-likeness (QED) is 0.597. The van der Waals surface area contributed by atoms with E-state index in [4.69, 9.17) is 0 Å². The predicted octanol–water partition coefficient (Wildman–Crippen LogP) is 3.82. The van der Waals surface area contributed by atoms with Crippen molar-refractivity contribution < 1.29 is 13.2 Å². The summed E-state index contributed by atoms with van der Waals surface area (Å²) in [5.41, 5.74) is -0.0624. The van der Waals surface area contributed by atoms with E-state index in [2.05, 4.69) is 36.8 Å². The third-order valence-electron chi connectivity index (χ3n) is 1.48. The molecule has 0 atom stereocenters. The SMILES string of the molecule is Fc1ncc(C(F)F)c(CBr)c1Br. The van der Waals surface area contributed by atoms with Gasteiger partial charge in [0.25, 0.3) is 6.43 Å². The lowest BCUT2D eigenvalue weighted by molar-refractivity contribution is 0.149. The van der Waals surface area contributed by atoms with Crippen LogP contribution in [0, 0.1) is 5.95 Å². The molecule has 0 aliphatic rings. The van der Waals surface area contributed by atoms with Crippen LogP contribution >= 0.6 is 31.9 Å². The molecule has 0 N–H and O–H groups in total. The minimum absolute atomic E-state index is 0.0119. The van der Waals surface area contributed by atoms with Gasteiger partial charge in [-0.05, 0) is 21.5 Å². The second kappa shape index (κ2) is 4.41. The summed E-state index contributed by atoms with van der Waals surface area (Å²) in [7, 11) is 0. The van der Waals surface area contributed by atoms with E-state index in [9.17, 15) is 13.2 Å². The van der Waals surface area contributed by atoms with Gasteiger partial charge >= 0.3 is 0 Å². The van der Waals surface area contributed by atoms with Crippen molar-refractivity contribution in [3.63, 3.8) is 0 Å². The normalized spacial score (nSPS) is 10.9. The Morgan fingerprint density at radius 3 is 2.54 bits per heavy atom. The Bertz CT molecular complexity index is 317. The van der Waals surface area contributed by atoms with E-state index in [0.29, 0.717) is 0 Å². The first-order valence-electron chi connectivity index (χ1n) is 3.24. The molecule has 1 nitrogen and oxygen atoms in total. The number of pyridine rings is 1. The smallest absolute Gasteiger partial charge is 0.227 e. The number of nitrogens with zero attached hydrogens (tertiary/aromatic N) is 1. The first-order chi connectivity index (χ1) is 6.07. The second-order valence-electron chi connectivity index (χ2n) is 2.23. The van der Waals surface area contributed by atoms with Crippen LogP contribution in [0.5, 0.6) is 0 Å². The molecule has 1 rings (SSSR count). The highest BCUT2D eigenvalue weighted by Crippen LogP contribution is 2.30. The van der Waals surface area contributed by atoms with E-state index in [1.807, 2.05) is 0 Å². The third kappa shape index (κ3) is 2.22. The lowest BCUT2D eigenvalue weighted by atomic mass is 10.2. The Hall–Kier alpha value is -0.100. The molecule has 0 unspecified atom stereocenters. The van der Waals surface area contributed by atoms with Crippen LogP contribution in [0.25, 0.3) is 0 Å². The molecule has 0 radical (unpaired) electrons. The number of hydrogen-bond donors (Lipinski definition) is 0. The molecule has 0 aromatic carbocycles. The van der Waals surface area contributed by atoms with E-state index in [-0.39, 0.29) is 20.9 Å². The van der Waals surface area contributed by atoms with Gasteiger partial charge in [0.15, 0.2) is 0 Å². The van der Waals surface area contributed by atoms with Gasteiger partial charge in [-0.1, -0.05) is 15.9 Å². The van der Waals surface area contributed by atoms with Gasteiger partial charge in [0.2, 0.25) is 5.95 Å². The van der Waals surface area contributed by atoms with Gasteiger partial charge in [-0.25, -0.2) is 13.8 Å². The highest BCUT2D eigenvalue weighted by molar-refractivity contribution is 9.10. The zero-order valence-electron chi connectivity index (χ0n) is 6.20. The highest BCUT2D eigenvalue weighted by Gasteiger charge is 2.17. The van der Waals surface area contributed by atoms with E-state index >= 15 is 0 Å². The Balaban J connectivity index is 3.30. The topological polar surface area (TPSA) is 12.9 Å². The largest absolute Gasteiger partial charge is 0.265 e. The average Bonchev–Trinajstić information content (AvgIpc) is 2.09. The van der Waals surface area contributed by atoms with E-state index in [1.54, 1.807) is 0 Å². The fourth-order valence-electron chi connectivity index (χ4n) is 0.836. The Labute approximate surface area is 89.6 Å². The second-order valence-corrected chi connectivity index (χ2v) is 3.58.